The van der Waals surface area contributed by atoms with Crippen LogP contribution in [0.4, 0.5) is 0 Å². The molecule has 0 heterocycles. The van der Waals surface area contributed by atoms with Gasteiger partial charge in [-0.05, 0) is 0 Å². The number of aliphatic hydroxyl groups excluding tert-OH is 2. The van der Waals surface area contributed by atoms with Crippen molar-refractivity contribution in [1.82, 2.24) is 0 Å². The zero-order valence-corrected chi connectivity index (χ0v) is 9.14. The molecule has 2 unspecified atom stereocenters. The molecule has 0 amide bonds. The van der Waals surface area contributed by atoms with Crippen LogP contribution in [-0.2, 0) is 17.1 Å². The van der Waals surface area contributed by atoms with Crippen molar-refractivity contribution in [3.8, 4) is 0 Å². The van der Waals surface area contributed by atoms with Gasteiger partial charge in [0.15, 0.2) is 0 Å². The molecule has 2 atom stereocenters. The summed E-state index contributed by atoms with van der Waals surface area (Å²) in [5, 5.41) is 19.3. The van der Waals surface area contributed by atoms with Gasteiger partial charge in [0, 0.05) is 0 Å². The third kappa shape index (κ3) is 4.02. The minimum absolute atomic E-state index is 0.326. The van der Waals surface area contributed by atoms with Crippen molar-refractivity contribution >= 4 is 0 Å². The molecule has 0 aromatic carbocycles. The van der Waals surface area contributed by atoms with Crippen LogP contribution in [0.2, 0.25) is 5.02 Å². The van der Waals surface area contributed by atoms with Gasteiger partial charge in [0.05, 0.1) is 0 Å². The Balaban J connectivity index is 3.32. The van der Waals surface area contributed by atoms with Crippen molar-refractivity contribution < 1.29 is 27.3 Å². The summed E-state index contributed by atoms with van der Waals surface area (Å²) in [4.78, 5) is 0. The molecule has 3 heteroatoms. The van der Waals surface area contributed by atoms with E-state index >= 15 is 0 Å². The van der Waals surface area contributed by atoms with Gasteiger partial charge in [0.2, 0.25) is 0 Å². The fourth-order valence-electron chi connectivity index (χ4n) is 0.760. The van der Waals surface area contributed by atoms with E-state index in [2.05, 4.69) is 6.92 Å². The van der Waals surface area contributed by atoms with Gasteiger partial charge in [-0.25, -0.2) is 0 Å². The summed E-state index contributed by atoms with van der Waals surface area (Å²) in [7, 11) is 0. The van der Waals surface area contributed by atoms with E-state index in [0.29, 0.717) is 6.42 Å². The van der Waals surface area contributed by atoms with E-state index in [0.717, 1.165) is 5.02 Å². The second-order valence-electron chi connectivity index (χ2n) is 2.33. The molecule has 0 aromatic rings. The number of hydrogen-bond acceptors (Lipinski definition) is 2. The molecule has 52 valence electrons. The van der Waals surface area contributed by atoms with Crippen molar-refractivity contribution in [1.29, 1.82) is 0 Å². The summed E-state index contributed by atoms with van der Waals surface area (Å²) >= 11 is -0.795. The van der Waals surface area contributed by atoms with Crippen molar-refractivity contribution in [2.45, 2.75) is 36.1 Å². The van der Waals surface area contributed by atoms with E-state index in [1.165, 1.54) is 0 Å². The Hall–Kier alpha value is 0.543. The predicted octanol–water partition coefficient (Wildman–Crippen LogP) is 0.596. The first-order valence-electron chi connectivity index (χ1n) is 3.58. The maximum atomic E-state index is 9.15. The van der Waals surface area contributed by atoms with Gasteiger partial charge in [0.25, 0.3) is 0 Å². The summed E-state index contributed by atoms with van der Waals surface area (Å²) in [6.07, 6.45) is 0.247. The first-order valence-corrected chi connectivity index (χ1v) is 7.39. The van der Waals surface area contributed by atoms with E-state index in [1.54, 1.807) is 0 Å². The third-order valence-corrected chi connectivity index (χ3v) is 5.04. The molecule has 9 heavy (non-hydrogen) atoms. The zero-order valence-electron chi connectivity index (χ0n) is 6.17. The van der Waals surface area contributed by atoms with Crippen molar-refractivity contribution in [2.75, 3.05) is 0 Å². The van der Waals surface area contributed by atoms with Crippen molar-refractivity contribution in [3.63, 3.8) is 0 Å². The van der Waals surface area contributed by atoms with E-state index in [9.17, 15) is 0 Å². The fraction of sp³-hybridized carbons (Fsp3) is 1.00. The minimum atomic E-state index is -0.795. The summed E-state index contributed by atoms with van der Waals surface area (Å²) < 4.78 is -0.326. The standard InChI is InChI=1S/C4H9O2.C2H5.Zn/c1-2-4(6)3-5;1-2;/h3-6H,2H2,1H3;1H2,2H3;. The Morgan fingerprint density at radius 3 is 2.22 bits per heavy atom. The molecular weight excluding hydrogens is 169 g/mol. The number of hydrogen-bond donors (Lipinski definition) is 2. The molecule has 0 aliphatic rings. The number of aliphatic hydroxyl groups is 2. The summed E-state index contributed by atoms with van der Waals surface area (Å²) in [6, 6.07) is 0. The van der Waals surface area contributed by atoms with Crippen LogP contribution in [-0.4, -0.2) is 21.0 Å². The SMILES string of the molecule is C[CH2][Zn][CH](O)C(O)CC. The first-order chi connectivity index (χ1) is 4.22. The average molecular weight is 184 g/mol. The molecule has 0 bridgehead atoms. The van der Waals surface area contributed by atoms with Gasteiger partial charge in [-0.2, -0.15) is 0 Å². The molecule has 0 fully saturated rings. The Labute approximate surface area is 63.9 Å². The van der Waals surface area contributed by atoms with Crippen molar-refractivity contribution in [3.05, 3.63) is 0 Å². The Morgan fingerprint density at radius 1 is 1.33 bits per heavy atom. The molecule has 0 radical (unpaired) electrons. The van der Waals surface area contributed by atoms with Crippen LogP contribution in [0.15, 0.2) is 0 Å². The summed E-state index contributed by atoms with van der Waals surface area (Å²) in [5.74, 6) is 0. The number of rotatable bonds is 4. The second-order valence-corrected chi connectivity index (χ2v) is 7.40. The molecule has 0 aliphatic heterocycles. The van der Waals surface area contributed by atoms with E-state index in [-0.39, 0.29) is 4.70 Å². The molecule has 0 aromatic heterocycles. The van der Waals surface area contributed by atoms with Gasteiger partial charge < -0.3 is 0 Å². The molecule has 0 aliphatic carbocycles. The Morgan fingerprint density at radius 2 is 1.89 bits per heavy atom. The average Bonchev–Trinajstić information content (AvgIpc) is 1.87. The van der Waals surface area contributed by atoms with Crippen LogP contribution in [0.5, 0.6) is 0 Å². The Kier molecular flexibility index (Phi) is 5.66. The van der Waals surface area contributed by atoms with Gasteiger partial charge in [0.1, 0.15) is 0 Å². The quantitative estimate of drug-likeness (QED) is 0.627. The molecule has 2 N–H and O–H groups in total. The molecule has 0 saturated heterocycles. The molecule has 0 rings (SSSR count). The Bertz CT molecular complexity index is 68.1. The van der Waals surface area contributed by atoms with Gasteiger partial charge in [-0.1, -0.05) is 0 Å². The van der Waals surface area contributed by atoms with Crippen LogP contribution >= 0.6 is 0 Å². The predicted molar refractivity (Wildman–Crippen MR) is 32.8 cm³/mol. The van der Waals surface area contributed by atoms with E-state index < -0.39 is 23.2 Å². The third-order valence-electron chi connectivity index (χ3n) is 1.45. The van der Waals surface area contributed by atoms with E-state index in [4.69, 9.17) is 10.2 Å². The molecule has 0 spiro atoms. The van der Waals surface area contributed by atoms with Crippen LogP contribution in [0.25, 0.3) is 0 Å². The normalized spacial score (nSPS) is 16.4. The molecule has 2 nitrogen and oxygen atoms in total. The first kappa shape index (κ1) is 9.54. The molecule has 0 saturated carbocycles. The van der Waals surface area contributed by atoms with Crippen LogP contribution < -0.4 is 0 Å². The van der Waals surface area contributed by atoms with Gasteiger partial charge >= 0.3 is 63.4 Å². The van der Waals surface area contributed by atoms with E-state index in [1.807, 2.05) is 6.92 Å². The van der Waals surface area contributed by atoms with Crippen LogP contribution in [0.3, 0.4) is 0 Å². The maximum absolute atomic E-state index is 9.15. The summed E-state index contributed by atoms with van der Waals surface area (Å²) in [6.45, 7) is 3.97. The van der Waals surface area contributed by atoms with Crippen LogP contribution in [0.1, 0.15) is 20.3 Å². The van der Waals surface area contributed by atoms with Gasteiger partial charge in [-0.3, -0.25) is 0 Å². The van der Waals surface area contributed by atoms with Crippen molar-refractivity contribution in [2.24, 2.45) is 0 Å². The zero-order chi connectivity index (χ0) is 7.28. The second kappa shape index (κ2) is 5.34. The van der Waals surface area contributed by atoms with Gasteiger partial charge in [-0.15, -0.1) is 0 Å². The summed E-state index contributed by atoms with van der Waals surface area (Å²) in [5.41, 5.74) is 0. The van der Waals surface area contributed by atoms with Crippen LogP contribution in [0, 0.1) is 0 Å². The topological polar surface area (TPSA) is 40.5 Å². The molecular formula is C6H14O2Zn. The monoisotopic (exact) mass is 182 g/mol. The fourth-order valence-corrected chi connectivity index (χ4v) is 3.51.